The molecule has 0 radical (unpaired) electrons. The lowest BCUT2D eigenvalue weighted by Crippen LogP contribution is -2.10. The molecular weight excluding hydrogens is 287 g/mol. The molecular formula is C17H18ClFN2. The van der Waals surface area contributed by atoms with Crippen molar-refractivity contribution in [3.63, 3.8) is 0 Å². The first-order valence-electron chi connectivity index (χ1n) is 7.39. The van der Waals surface area contributed by atoms with Crippen LogP contribution in [0.15, 0.2) is 41.7 Å². The molecule has 1 heterocycles. The number of benzene rings is 1. The summed E-state index contributed by atoms with van der Waals surface area (Å²) < 4.78 is 15.4. The predicted molar refractivity (Wildman–Crippen MR) is 85.2 cm³/mol. The Morgan fingerprint density at radius 2 is 2.00 bits per heavy atom. The molecule has 1 aliphatic rings. The standard InChI is InChI=1S/C17H18ClFN2/c18-16-10-14(6-7-17(16)19)20-11-13-8-9-21(12-13)15-4-2-1-3-5-15/h6-12,15H,1-5H2. The number of hydrogen-bond acceptors (Lipinski definition) is 1. The van der Waals surface area contributed by atoms with Gasteiger partial charge in [0.2, 0.25) is 0 Å². The van der Waals surface area contributed by atoms with Crippen LogP contribution >= 0.6 is 11.6 Å². The molecule has 0 amide bonds. The lowest BCUT2D eigenvalue weighted by molar-refractivity contribution is 0.354. The van der Waals surface area contributed by atoms with Crippen LogP contribution in [0.2, 0.25) is 5.02 Å². The van der Waals surface area contributed by atoms with Crippen molar-refractivity contribution < 1.29 is 4.39 Å². The van der Waals surface area contributed by atoms with Crippen LogP contribution in [0.5, 0.6) is 0 Å². The van der Waals surface area contributed by atoms with Crippen LogP contribution in [0, 0.1) is 5.82 Å². The molecule has 110 valence electrons. The fourth-order valence-electron chi connectivity index (χ4n) is 2.83. The minimum atomic E-state index is -0.418. The summed E-state index contributed by atoms with van der Waals surface area (Å²) >= 11 is 5.75. The summed E-state index contributed by atoms with van der Waals surface area (Å²) in [6.07, 6.45) is 12.6. The summed E-state index contributed by atoms with van der Waals surface area (Å²) in [6.45, 7) is 0. The third-order valence-electron chi connectivity index (χ3n) is 4.00. The SMILES string of the molecule is Fc1ccc(N=Cc2ccn(C3CCCCC3)c2)cc1Cl. The van der Waals surface area contributed by atoms with Gasteiger partial charge < -0.3 is 4.57 Å². The van der Waals surface area contributed by atoms with E-state index in [1.807, 2.05) is 0 Å². The zero-order valence-electron chi connectivity index (χ0n) is 11.8. The second-order valence-corrected chi connectivity index (χ2v) is 5.95. The van der Waals surface area contributed by atoms with E-state index in [-0.39, 0.29) is 5.02 Å². The van der Waals surface area contributed by atoms with E-state index in [2.05, 4.69) is 28.0 Å². The van der Waals surface area contributed by atoms with E-state index in [4.69, 9.17) is 11.6 Å². The number of rotatable bonds is 3. The number of aliphatic imine (C=N–C) groups is 1. The predicted octanol–water partition coefficient (Wildman–Crippen LogP) is 5.54. The highest BCUT2D eigenvalue weighted by Crippen LogP contribution is 2.28. The van der Waals surface area contributed by atoms with Crippen molar-refractivity contribution in [3.05, 3.63) is 53.1 Å². The van der Waals surface area contributed by atoms with Crippen molar-refractivity contribution in [1.82, 2.24) is 4.57 Å². The number of aromatic nitrogens is 1. The molecule has 0 unspecified atom stereocenters. The van der Waals surface area contributed by atoms with E-state index in [1.54, 1.807) is 12.3 Å². The van der Waals surface area contributed by atoms with E-state index in [9.17, 15) is 4.39 Å². The minimum absolute atomic E-state index is 0.101. The summed E-state index contributed by atoms with van der Waals surface area (Å²) in [5, 5.41) is 0.101. The van der Waals surface area contributed by atoms with Crippen molar-refractivity contribution >= 4 is 23.5 Å². The molecule has 0 N–H and O–H groups in total. The van der Waals surface area contributed by atoms with E-state index in [0.717, 1.165) is 5.56 Å². The minimum Gasteiger partial charge on any atom is -0.351 e. The zero-order valence-corrected chi connectivity index (χ0v) is 12.6. The van der Waals surface area contributed by atoms with Crippen LogP contribution in [0.3, 0.4) is 0 Å². The van der Waals surface area contributed by atoms with Gasteiger partial charge in [0.15, 0.2) is 0 Å². The zero-order chi connectivity index (χ0) is 14.7. The van der Waals surface area contributed by atoms with Crippen molar-refractivity contribution in [3.8, 4) is 0 Å². The van der Waals surface area contributed by atoms with Crippen molar-refractivity contribution in [2.45, 2.75) is 38.1 Å². The van der Waals surface area contributed by atoms with Crippen LogP contribution in [-0.2, 0) is 0 Å². The highest BCUT2D eigenvalue weighted by molar-refractivity contribution is 6.31. The van der Waals surface area contributed by atoms with Gasteiger partial charge in [-0.1, -0.05) is 30.9 Å². The highest BCUT2D eigenvalue weighted by Gasteiger charge is 2.14. The summed E-state index contributed by atoms with van der Waals surface area (Å²) in [6, 6.07) is 7.17. The molecule has 0 saturated heterocycles. The second kappa shape index (κ2) is 6.44. The third kappa shape index (κ3) is 3.53. The largest absolute Gasteiger partial charge is 0.351 e. The summed E-state index contributed by atoms with van der Waals surface area (Å²) in [5.74, 6) is -0.418. The van der Waals surface area contributed by atoms with Gasteiger partial charge in [0.1, 0.15) is 5.82 Å². The van der Waals surface area contributed by atoms with Crippen LogP contribution in [0.1, 0.15) is 43.7 Å². The van der Waals surface area contributed by atoms with Gasteiger partial charge >= 0.3 is 0 Å². The van der Waals surface area contributed by atoms with Gasteiger partial charge in [-0.05, 0) is 37.1 Å². The molecule has 4 heteroatoms. The van der Waals surface area contributed by atoms with Crippen molar-refractivity contribution in [1.29, 1.82) is 0 Å². The molecule has 0 aliphatic heterocycles. The first kappa shape index (κ1) is 14.3. The lowest BCUT2D eigenvalue weighted by atomic mass is 9.95. The molecule has 0 bridgehead atoms. The molecule has 1 aromatic carbocycles. The Morgan fingerprint density at radius 1 is 1.19 bits per heavy atom. The average Bonchev–Trinajstić information content (AvgIpc) is 2.98. The van der Waals surface area contributed by atoms with E-state index in [0.29, 0.717) is 11.7 Å². The topological polar surface area (TPSA) is 17.3 Å². The summed E-state index contributed by atoms with van der Waals surface area (Å²) in [4.78, 5) is 4.35. The fourth-order valence-corrected chi connectivity index (χ4v) is 3.00. The number of hydrogen-bond donors (Lipinski definition) is 0. The summed E-state index contributed by atoms with van der Waals surface area (Å²) in [5.41, 5.74) is 1.72. The van der Waals surface area contributed by atoms with Gasteiger partial charge in [-0.3, -0.25) is 4.99 Å². The normalized spacial score (nSPS) is 16.7. The van der Waals surface area contributed by atoms with E-state index >= 15 is 0 Å². The summed E-state index contributed by atoms with van der Waals surface area (Å²) in [7, 11) is 0. The molecule has 2 nitrogen and oxygen atoms in total. The first-order chi connectivity index (χ1) is 10.2. The van der Waals surface area contributed by atoms with Gasteiger partial charge in [0, 0.05) is 30.2 Å². The molecule has 1 aliphatic carbocycles. The van der Waals surface area contributed by atoms with Gasteiger partial charge in [0.05, 0.1) is 10.7 Å². The maximum atomic E-state index is 13.1. The molecule has 3 rings (SSSR count). The van der Waals surface area contributed by atoms with Gasteiger partial charge in [-0.2, -0.15) is 0 Å². The van der Waals surface area contributed by atoms with Gasteiger partial charge in [0.25, 0.3) is 0 Å². The Labute approximate surface area is 129 Å². The molecule has 1 fully saturated rings. The van der Waals surface area contributed by atoms with Crippen LogP contribution < -0.4 is 0 Å². The van der Waals surface area contributed by atoms with Crippen LogP contribution in [0.4, 0.5) is 10.1 Å². The van der Waals surface area contributed by atoms with Gasteiger partial charge in [-0.25, -0.2) is 4.39 Å². The van der Waals surface area contributed by atoms with Crippen LogP contribution in [0.25, 0.3) is 0 Å². The maximum absolute atomic E-state index is 13.1. The van der Waals surface area contributed by atoms with Crippen molar-refractivity contribution in [2.75, 3.05) is 0 Å². The lowest BCUT2D eigenvalue weighted by Gasteiger charge is -2.23. The third-order valence-corrected chi connectivity index (χ3v) is 4.29. The Morgan fingerprint density at radius 3 is 2.76 bits per heavy atom. The number of nitrogens with zero attached hydrogens (tertiary/aromatic N) is 2. The monoisotopic (exact) mass is 304 g/mol. The number of halogens is 2. The quantitative estimate of drug-likeness (QED) is 0.663. The molecule has 0 spiro atoms. The molecule has 2 aromatic rings. The highest BCUT2D eigenvalue weighted by atomic mass is 35.5. The average molecular weight is 305 g/mol. The Bertz CT molecular complexity index is 642. The second-order valence-electron chi connectivity index (χ2n) is 5.54. The molecule has 0 atom stereocenters. The molecule has 1 aromatic heterocycles. The Balaban J connectivity index is 1.71. The molecule has 1 saturated carbocycles. The Kier molecular flexibility index (Phi) is 4.39. The molecule has 21 heavy (non-hydrogen) atoms. The maximum Gasteiger partial charge on any atom is 0.141 e. The van der Waals surface area contributed by atoms with Crippen LogP contribution in [-0.4, -0.2) is 10.8 Å². The Hall–Kier alpha value is -1.61. The first-order valence-corrected chi connectivity index (χ1v) is 7.77. The van der Waals surface area contributed by atoms with Gasteiger partial charge in [-0.15, -0.1) is 0 Å². The smallest absolute Gasteiger partial charge is 0.141 e. The van der Waals surface area contributed by atoms with E-state index in [1.165, 1.54) is 44.2 Å². The fraction of sp³-hybridized carbons (Fsp3) is 0.353. The van der Waals surface area contributed by atoms with E-state index < -0.39 is 5.82 Å². The van der Waals surface area contributed by atoms with Crippen molar-refractivity contribution in [2.24, 2.45) is 4.99 Å².